The van der Waals surface area contributed by atoms with Crippen LogP contribution in [0.2, 0.25) is 0 Å². The summed E-state index contributed by atoms with van der Waals surface area (Å²) in [6.07, 6.45) is 0.501. The third-order valence-corrected chi connectivity index (χ3v) is 1.96. The quantitative estimate of drug-likeness (QED) is 0.589. The van der Waals surface area contributed by atoms with Crippen molar-refractivity contribution in [3.05, 3.63) is 0 Å². The molecule has 0 saturated carbocycles. The summed E-state index contributed by atoms with van der Waals surface area (Å²) in [5, 5.41) is 2.80. The Labute approximate surface area is 92.6 Å². The van der Waals surface area contributed by atoms with E-state index in [9.17, 15) is 4.79 Å². The molecule has 90 valence electrons. The van der Waals surface area contributed by atoms with E-state index in [1.165, 1.54) is 0 Å². The average Bonchev–Trinajstić information content (AvgIpc) is 2.16. The van der Waals surface area contributed by atoms with Crippen LogP contribution in [0, 0.1) is 11.8 Å². The van der Waals surface area contributed by atoms with Crippen LogP contribution in [-0.2, 0) is 9.53 Å². The average molecular weight is 216 g/mol. The Bertz CT molecular complexity index is 172. The van der Waals surface area contributed by atoms with Gasteiger partial charge in [0.25, 0.3) is 0 Å². The first-order chi connectivity index (χ1) is 7.06. The van der Waals surface area contributed by atoms with Gasteiger partial charge in [0, 0.05) is 19.6 Å². The van der Waals surface area contributed by atoms with Crippen LogP contribution in [0.5, 0.6) is 0 Å². The summed E-state index contributed by atoms with van der Waals surface area (Å²) in [6, 6.07) is 0. The standard InChI is InChI=1S/C11H24N2O2/c1-9(2)8-15-5-4-13-11(14)6-10(3)7-12/h9-10H,4-8,12H2,1-3H3,(H,13,14). The molecule has 1 atom stereocenters. The lowest BCUT2D eigenvalue weighted by atomic mass is 10.1. The van der Waals surface area contributed by atoms with Gasteiger partial charge in [-0.2, -0.15) is 0 Å². The number of carbonyl (C=O) groups excluding carboxylic acids is 1. The molecular weight excluding hydrogens is 192 g/mol. The molecule has 1 unspecified atom stereocenters. The summed E-state index contributed by atoms with van der Waals surface area (Å²) >= 11 is 0. The van der Waals surface area contributed by atoms with Crippen LogP contribution in [-0.4, -0.2) is 32.2 Å². The van der Waals surface area contributed by atoms with Crippen LogP contribution in [0.4, 0.5) is 0 Å². The first-order valence-corrected chi connectivity index (χ1v) is 5.60. The Hall–Kier alpha value is -0.610. The molecule has 0 heterocycles. The first-order valence-electron chi connectivity index (χ1n) is 5.60. The molecule has 0 rings (SSSR count). The van der Waals surface area contributed by atoms with Crippen molar-refractivity contribution in [2.45, 2.75) is 27.2 Å². The van der Waals surface area contributed by atoms with Gasteiger partial charge in [0.15, 0.2) is 0 Å². The predicted molar refractivity (Wildman–Crippen MR) is 61.5 cm³/mol. The van der Waals surface area contributed by atoms with Crippen LogP contribution >= 0.6 is 0 Å². The minimum Gasteiger partial charge on any atom is -0.379 e. The molecule has 0 aliphatic rings. The Balaban J connectivity index is 3.31. The highest BCUT2D eigenvalue weighted by Gasteiger charge is 2.06. The number of rotatable bonds is 8. The molecule has 0 radical (unpaired) electrons. The second kappa shape index (κ2) is 8.68. The van der Waals surface area contributed by atoms with Crippen LogP contribution in [0.1, 0.15) is 27.2 Å². The molecule has 0 fully saturated rings. The van der Waals surface area contributed by atoms with Gasteiger partial charge in [-0.1, -0.05) is 20.8 Å². The highest BCUT2D eigenvalue weighted by atomic mass is 16.5. The van der Waals surface area contributed by atoms with Crippen molar-refractivity contribution < 1.29 is 9.53 Å². The SMILES string of the molecule is CC(C)COCCNC(=O)CC(C)CN. The lowest BCUT2D eigenvalue weighted by Gasteiger charge is -2.10. The fourth-order valence-corrected chi connectivity index (χ4v) is 1.05. The molecule has 4 nitrogen and oxygen atoms in total. The van der Waals surface area contributed by atoms with E-state index in [0.717, 1.165) is 6.61 Å². The number of nitrogens with two attached hydrogens (primary N) is 1. The molecule has 0 aromatic rings. The van der Waals surface area contributed by atoms with E-state index in [4.69, 9.17) is 10.5 Å². The zero-order valence-electron chi connectivity index (χ0n) is 10.1. The van der Waals surface area contributed by atoms with Gasteiger partial charge >= 0.3 is 0 Å². The molecule has 1 amide bonds. The highest BCUT2D eigenvalue weighted by molar-refractivity contribution is 5.76. The zero-order valence-corrected chi connectivity index (χ0v) is 10.1. The second-order valence-corrected chi connectivity index (χ2v) is 4.36. The Kier molecular flexibility index (Phi) is 8.33. The van der Waals surface area contributed by atoms with Crippen LogP contribution in [0.3, 0.4) is 0 Å². The van der Waals surface area contributed by atoms with E-state index in [1.54, 1.807) is 0 Å². The summed E-state index contributed by atoms with van der Waals surface area (Å²) < 4.78 is 5.34. The van der Waals surface area contributed by atoms with E-state index in [-0.39, 0.29) is 11.8 Å². The molecule has 0 spiro atoms. The maximum absolute atomic E-state index is 11.3. The molecular formula is C11H24N2O2. The van der Waals surface area contributed by atoms with Crippen molar-refractivity contribution in [2.24, 2.45) is 17.6 Å². The first kappa shape index (κ1) is 14.4. The zero-order chi connectivity index (χ0) is 11.7. The van der Waals surface area contributed by atoms with Crippen molar-refractivity contribution >= 4 is 5.91 Å². The van der Waals surface area contributed by atoms with E-state index in [1.807, 2.05) is 6.92 Å². The summed E-state index contributed by atoms with van der Waals surface area (Å²) in [5.41, 5.74) is 5.43. The summed E-state index contributed by atoms with van der Waals surface area (Å²) in [4.78, 5) is 11.3. The van der Waals surface area contributed by atoms with Gasteiger partial charge in [0.05, 0.1) is 6.61 Å². The predicted octanol–water partition coefficient (Wildman–Crippen LogP) is 0.760. The summed E-state index contributed by atoms with van der Waals surface area (Å²) in [5.74, 6) is 0.848. The molecule has 0 bridgehead atoms. The van der Waals surface area contributed by atoms with Crippen molar-refractivity contribution in [2.75, 3.05) is 26.3 Å². The van der Waals surface area contributed by atoms with Gasteiger partial charge in [-0.05, 0) is 18.4 Å². The molecule has 0 aliphatic carbocycles. The monoisotopic (exact) mass is 216 g/mol. The third kappa shape index (κ3) is 9.69. The third-order valence-electron chi connectivity index (χ3n) is 1.96. The molecule has 0 saturated heterocycles. The Morgan fingerprint density at radius 1 is 1.40 bits per heavy atom. The second-order valence-electron chi connectivity index (χ2n) is 4.36. The van der Waals surface area contributed by atoms with Gasteiger partial charge in [-0.15, -0.1) is 0 Å². The van der Waals surface area contributed by atoms with Crippen LogP contribution < -0.4 is 11.1 Å². The number of hydrogen-bond acceptors (Lipinski definition) is 3. The smallest absolute Gasteiger partial charge is 0.220 e. The van der Waals surface area contributed by atoms with Crippen LogP contribution in [0.15, 0.2) is 0 Å². The largest absolute Gasteiger partial charge is 0.379 e. The van der Waals surface area contributed by atoms with Gasteiger partial charge < -0.3 is 15.8 Å². The number of nitrogens with one attached hydrogen (secondary N) is 1. The topological polar surface area (TPSA) is 64.3 Å². The van der Waals surface area contributed by atoms with Gasteiger partial charge in [0.1, 0.15) is 0 Å². The number of carbonyl (C=O) groups is 1. The van der Waals surface area contributed by atoms with Crippen molar-refractivity contribution in [3.8, 4) is 0 Å². The summed E-state index contributed by atoms with van der Waals surface area (Å²) in [6.45, 7) is 8.63. The highest BCUT2D eigenvalue weighted by Crippen LogP contribution is 1.97. The maximum atomic E-state index is 11.3. The lowest BCUT2D eigenvalue weighted by molar-refractivity contribution is -0.122. The van der Waals surface area contributed by atoms with Crippen molar-refractivity contribution in [1.29, 1.82) is 0 Å². The molecule has 0 aromatic carbocycles. The minimum absolute atomic E-state index is 0.0566. The normalized spacial score (nSPS) is 12.9. The molecule has 0 aliphatic heterocycles. The van der Waals surface area contributed by atoms with E-state index in [0.29, 0.717) is 32.0 Å². The van der Waals surface area contributed by atoms with Crippen molar-refractivity contribution in [3.63, 3.8) is 0 Å². The van der Waals surface area contributed by atoms with Crippen molar-refractivity contribution in [1.82, 2.24) is 5.32 Å². The van der Waals surface area contributed by atoms with Crippen LogP contribution in [0.25, 0.3) is 0 Å². The summed E-state index contributed by atoms with van der Waals surface area (Å²) in [7, 11) is 0. The van der Waals surface area contributed by atoms with E-state index in [2.05, 4.69) is 19.2 Å². The fourth-order valence-electron chi connectivity index (χ4n) is 1.05. The van der Waals surface area contributed by atoms with E-state index >= 15 is 0 Å². The molecule has 15 heavy (non-hydrogen) atoms. The van der Waals surface area contributed by atoms with Gasteiger partial charge in [-0.3, -0.25) is 4.79 Å². The lowest BCUT2D eigenvalue weighted by Crippen LogP contribution is -2.30. The molecule has 4 heteroatoms. The molecule has 0 aromatic heterocycles. The fraction of sp³-hybridized carbons (Fsp3) is 0.909. The minimum atomic E-state index is 0.0566. The number of amides is 1. The number of hydrogen-bond donors (Lipinski definition) is 2. The Morgan fingerprint density at radius 3 is 2.60 bits per heavy atom. The van der Waals surface area contributed by atoms with Gasteiger partial charge in [-0.25, -0.2) is 0 Å². The van der Waals surface area contributed by atoms with E-state index < -0.39 is 0 Å². The number of ether oxygens (including phenoxy) is 1. The maximum Gasteiger partial charge on any atom is 0.220 e. The Morgan fingerprint density at radius 2 is 2.07 bits per heavy atom. The van der Waals surface area contributed by atoms with Gasteiger partial charge in [0.2, 0.25) is 5.91 Å². The molecule has 3 N–H and O–H groups in total.